The van der Waals surface area contributed by atoms with E-state index in [2.05, 4.69) is 23.0 Å². The summed E-state index contributed by atoms with van der Waals surface area (Å²) in [7, 11) is 0. The van der Waals surface area contributed by atoms with Crippen molar-refractivity contribution in [2.45, 2.75) is 42.9 Å². The maximum absolute atomic E-state index is 9.20. The van der Waals surface area contributed by atoms with Crippen molar-refractivity contribution in [3.8, 4) is 6.07 Å². The van der Waals surface area contributed by atoms with Crippen LogP contribution in [0.3, 0.4) is 0 Å². The van der Waals surface area contributed by atoms with Crippen molar-refractivity contribution in [1.29, 1.82) is 5.26 Å². The van der Waals surface area contributed by atoms with Gasteiger partial charge >= 0.3 is 0 Å². The van der Waals surface area contributed by atoms with Crippen molar-refractivity contribution in [1.82, 2.24) is 9.97 Å². The number of hydrogen-bond donors (Lipinski definition) is 0. The lowest BCUT2D eigenvalue weighted by molar-refractivity contribution is 0.317. The normalized spacial score (nSPS) is 28.6. The van der Waals surface area contributed by atoms with E-state index < -0.39 is 0 Å². The quantitative estimate of drug-likeness (QED) is 0.769. The summed E-state index contributed by atoms with van der Waals surface area (Å²) in [6, 6.07) is 4.38. The molecule has 1 aliphatic rings. The van der Waals surface area contributed by atoms with Crippen molar-refractivity contribution in [3.05, 3.63) is 18.6 Å². The molecule has 0 bridgehead atoms. The molecule has 1 aliphatic carbocycles. The number of aromatic nitrogens is 2. The van der Waals surface area contributed by atoms with Crippen molar-refractivity contribution in [2.24, 2.45) is 11.8 Å². The van der Waals surface area contributed by atoms with Crippen molar-refractivity contribution >= 4 is 11.8 Å². The standard InChI is InChI=1S/C13H17N3S/c1-2-10-3-4-11(8-14)12(7-10)17-13-5-6-15-9-16-13/h5-6,9-12H,2-4,7H2,1H3. The van der Waals surface area contributed by atoms with Crippen LogP contribution in [0.15, 0.2) is 23.6 Å². The van der Waals surface area contributed by atoms with Gasteiger partial charge in [0.2, 0.25) is 0 Å². The van der Waals surface area contributed by atoms with Gasteiger partial charge in [-0.15, -0.1) is 11.8 Å². The average Bonchev–Trinajstić information content (AvgIpc) is 2.40. The number of nitrogens with zero attached hydrogens (tertiary/aromatic N) is 3. The van der Waals surface area contributed by atoms with Crippen LogP contribution in [0.1, 0.15) is 32.6 Å². The molecule has 0 amide bonds. The average molecular weight is 247 g/mol. The van der Waals surface area contributed by atoms with Crippen molar-refractivity contribution in [3.63, 3.8) is 0 Å². The molecule has 1 aromatic heterocycles. The monoisotopic (exact) mass is 247 g/mol. The first-order chi connectivity index (χ1) is 8.33. The van der Waals surface area contributed by atoms with Gasteiger partial charge in [-0.1, -0.05) is 13.3 Å². The summed E-state index contributed by atoms with van der Waals surface area (Å²) in [4.78, 5) is 8.15. The first-order valence-corrected chi connectivity index (χ1v) is 7.03. The van der Waals surface area contributed by atoms with Gasteiger partial charge in [0, 0.05) is 11.4 Å². The molecule has 1 aromatic rings. The van der Waals surface area contributed by atoms with Crippen LogP contribution in [-0.4, -0.2) is 15.2 Å². The Morgan fingerprint density at radius 1 is 1.53 bits per heavy atom. The highest BCUT2D eigenvalue weighted by Gasteiger charge is 2.30. The number of thioether (sulfide) groups is 1. The predicted molar refractivity (Wildman–Crippen MR) is 68.4 cm³/mol. The van der Waals surface area contributed by atoms with Crippen LogP contribution in [0, 0.1) is 23.2 Å². The van der Waals surface area contributed by atoms with Gasteiger partial charge in [0.05, 0.1) is 17.0 Å². The van der Waals surface area contributed by atoms with E-state index in [0.29, 0.717) is 5.25 Å². The molecule has 17 heavy (non-hydrogen) atoms. The molecule has 1 fully saturated rings. The van der Waals surface area contributed by atoms with Crippen LogP contribution in [0.5, 0.6) is 0 Å². The summed E-state index contributed by atoms with van der Waals surface area (Å²) in [6.45, 7) is 2.24. The van der Waals surface area contributed by atoms with E-state index in [-0.39, 0.29) is 5.92 Å². The van der Waals surface area contributed by atoms with E-state index in [0.717, 1.165) is 23.8 Å². The summed E-state index contributed by atoms with van der Waals surface area (Å²) in [6.07, 6.45) is 7.94. The topological polar surface area (TPSA) is 49.6 Å². The van der Waals surface area contributed by atoms with E-state index in [4.69, 9.17) is 0 Å². The third kappa shape index (κ3) is 3.19. The van der Waals surface area contributed by atoms with Crippen molar-refractivity contribution < 1.29 is 0 Å². The van der Waals surface area contributed by atoms with Crippen LogP contribution in [-0.2, 0) is 0 Å². The Bertz CT molecular complexity index is 387. The molecule has 90 valence electrons. The molecular weight excluding hydrogens is 230 g/mol. The van der Waals surface area contributed by atoms with Gasteiger partial charge < -0.3 is 0 Å². The molecule has 4 heteroatoms. The summed E-state index contributed by atoms with van der Waals surface area (Å²) < 4.78 is 0. The van der Waals surface area contributed by atoms with Crippen LogP contribution in [0.25, 0.3) is 0 Å². The molecule has 3 unspecified atom stereocenters. The Labute approximate surface area is 107 Å². The maximum Gasteiger partial charge on any atom is 0.116 e. The highest BCUT2D eigenvalue weighted by atomic mass is 32.2. The lowest BCUT2D eigenvalue weighted by atomic mass is 9.81. The van der Waals surface area contributed by atoms with Gasteiger partial charge in [-0.05, 0) is 31.2 Å². The first kappa shape index (κ1) is 12.4. The molecule has 3 nitrogen and oxygen atoms in total. The van der Waals surface area contributed by atoms with E-state index in [1.807, 2.05) is 6.07 Å². The smallest absolute Gasteiger partial charge is 0.116 e. The van der Waals surface area contributed by atoms with Gasteiger partial charge in [0.1, 0.15) is 6.33 Å². The van der Waals surface area contributed by atoms with Gasteiger partial charge in [0.25, 0.3) is 0 Å². The van der Waals surface area contributed by atoms with Crippen LogP contribution >= 0.6 is 11.8 Å². The molecule has 0 N–H and O–H groups in total. The third-order valence-corrected chi connectivity index (χ3v) is 4.78. The maximum atomic E-state index is 9.20. The fraction of sp³-hybridized carbons (Fsp3) is 0.615. The summed E-state index contributed by atoms with van der Waals surface area (Å²) >= 11 is 1.74. The second-order valence-corrected chi connectivity index (χ2v) is 5.79. The van der Waals surface area contributed by atoms with Crippen LogP contribution in [0.4, 0.5) is 0 Å². The van der Waals surface area contributed by atoms with Gasteiger partial charge in [-0.25, -0.2) is 9.97 Å². The van der Waals surface area contributed by atoms with E-state index in [9.17, 15) is 5.26 Å². The molecule has 1 saturated carbocycles. The minimum Gasteiger partial charge on any atom is -0.245 e. The van der Waals surface area contributed by atoms with Crippen LogP contribution < -0.4 is 0 Å². The number of hydrogen-bond acceptors (Lipinski definition) is 4. The fourth-order valence-electron chi connectivity index (χ4n) is 2.36. The van der Waals surface area contributed by atoms with E-state index in [1.165, 1.54) is 12.8 Å². The van der Waals surface area contributed by atoms with Gasteiger partial charge in [-0.2, -0.15) is 5.26 Å². The van der Waals surface area contributed by atoms with E-state index in [1.54, 1.807) is 24.3 Å². The summed E-state index contributed by atoms with van der Waals surface area (Å²) in [5.41, 5.74) is 0. The van der Waals surface area contributed by atoms with Gasteiger partial charge in [0.15, 0.2) is 0 Å². The fourth-order valence-corrected chi connectivity index (χ4v) is 3.65. The highest BCUT2D eigenvalue weighted by molar-refractivity contribution is 7.99. The lowest BCUT2D eigenvalue weighted by Gasteiger charge is -2.31. The molecule has 0 aliphatic heterocycles. The third-order valence-electron chi connectivity index (χ3n) is 3.47. The first-order valence-electron chi connectivity index (χ1n) is 6.15. The molecule has 3 atom stereocenters. The zero-order valence-electron chi connectivity index (χ0n) is 10.0. The Hall–Kier alpha value is -1.08. The van der Waals surface area contributed by atoms with Gasteiger partial charge in [-0.3, -0.25) is 0 Å². The zero-order valence-corrected chi connectivity index (χ0v) is 10.9. The minimum absolute atomic E-state index is 0.178. The SMILES string of the molecule is CCC1CCC(C#N)C(Sc2ccncn2)C1. The highest BCUT2D eigenvalue weighted by Crippen LogP contribution is 2.39. The summed E-state index contributed by atoms with van der Waals surface area (Å²) in [5, 5.41) is 10.6. The van der Waals surface area contributed by atoms with E-state index >= 15 is 0 Å². The second-order valence-electron chi connectivity index (χ2n) is 4.53. The van der Waals surface area contributed by atoms with Crippen molar-refractivity contribution in [2.75, 3.05) is 0 Å². The Balaban J connectivity index is 2.03. The molecule has 0 spiro atoms. The Kier molecular flexibility index (Phi) is 4.38. The molecule has 0 aromatic carbocycles. The molecule has 0 radical (unpaired) electrons. The van der Waals surface area contributed by atoms with Crippen LogP contribution in [0.2, 0.25) is 0 Å². The number of rotatable bonds is 3. The molecular formula is C13H17N3S. The Morgan fingerprint density at radius 3 is 3.06 bits per heavy atom. The molecule has 2 rings (SSSR count). The minimum atomic E-state index is 0.178. The molecule has 0 saturated heterocycles. The number of nitriles is 1. The summed E-state index contributed by atoms with van der Waals surface area (Å²) in [5.74, 6) is 0.955. The predicted octanol–water partition coefficient (Wildman–Crippen LogP) is 3.29. The largest absolute Gasteiger partial charge is 0.245 e. The zero-order chi connectivity index (χ0) is 12.1. The lowest BCUT2D eigenvalue weighted by Crippen LogP contribution is -2.26. The Morgan fingerprint density at radius 2 is 2.41 bits per heavy atom. The second kappa shape index (κ2) is 6.02. The molecule has 1 heterocycles.